The number of halogens is 3. The van der Waals surface area contributed by atoms with Crippen LogP contribution in [0.25, 0.3) is 0 Å². The molecule has 1 aliphatic rings. The standard InChI is InChI=1S/C19H21F3N4O/c1-14-11-15(5-6-23-14)13-25-7-9-26(10-8-25)18(27)24-17-4-2-3-16(12-17)19(20,21)22/h2-6,11-12H,7-10,13H2,1H3,(H,24,27). The van der Waals surface area contributed by atoms with Gasteiger partial charge in [0.05, 0.1) is 5.56 Å². The Hall–Kier alpha value is -2.61. The molecule has 1 aromatic heterocycles. The second-order valence-corrected chi connectivity index (χ2v) is 6.58. The summed E-state index contributed by atoms with van der Waals surface area (Å²) < 4.78 is 38.3. The first kappa shape index (κ1) is 19.2. The predicted octanol–water partition coefficient (Wildman–Crippen LogP) is 3.76. The quantitative estimate of drug-likeness (QED) is 0.885. The van der Waals surface area contributed by atoms with Crippen LogP contribution in [-0.2, 0) is 12.7 Å². The molecule has 0 bridgehead atoms. The summed E-state index contributed by atoms with van der Waals surface area (Å²) in [6.07, 6.45) is -2.65. The van der Waals surface area contributed by atoms with Crippen LogP contribution >= 0.6 is 0 Å². The van der Waals surface area contributed by atoms with Crippen LogP contribution in [0.3, 0.4) is 0 Å². The summed E-state index contributed by atoms with van der Waals surface area (Å²) in [5.41, 5.74) is 1.50. The molecule has 1 aliphatic heterocycles. The molecule has 0 radical (unpaired) electrons. The molecule has 27 heavy (non-hydrogen) atoms. The maximum atomic E-state index is 12.8. The molecule has 0 unspecified atom stereocenters. The summed E-state index contributed by atoms with van der Waals surface area (Å²) in [5.74, 6) is 0. The van der Waals surface area contributed by atoms with Gasteiger partial charge in [0, 0.05) is 50.3 Å². The number of hydrogen-bond acceptors (Lipinski definition) is 3. The Bertz CT molecular complexity index is 802. The van der Waals surface area contributed by atoms with Crippen molar-refractivity contribution in [1.29, 1.82) is 0 Å². The number of aromatic nitrogens is 1. The highest BCUT2D eigenvalue weighted by atomic mass is 19.4. The minimum Gasteiger partial charge on any atom is -0.322 e. The number of carbonyl (C=O) groups is 1. The molecular weight excluding hydrogens is 357 g/mol. The second-order valence-electron chi connectivity index (χ2n) is 6.58. The normalized spacial score (nSPS) is 15.6. The van der Waals surface area contributed by atoms with Crippen molar-refractivity contribution in [3.8, 4) is 0 Å². The van der Waals surface area contributed by atoms with E-state index in [2.05, 4.69) is 15.2 Å². The molecule has 0 saturated carbocycles. The lowest BCUT2D eigenvalue weighted by Crippen LogP contribution is -2.49. The average Bonchev–Trinajstić information content (AvgIpc) is 2.62. The van der Waals surface area contributed by atoms with Crippen LogP contribution in [0.2, 0.25) is 0 Å². The second kappa shape index (κ2) is 7.96. The van der Waals surface area contributed by atoms with Crippen molar-refractivity contribution in [1.82, 2.24) is 14.8 Å². The summed E-state index contributed by atoms with van der Waals surface area (Å²) in [7, 11) is 0. The third-order valence-electron chi connectivity index (χ3n) is 4.47. The molecule has 1 fully saturated rings. The number of anilines is 1. The fourth-order valence-electron chi connectivity index (χ4n) is 3.05. The Morgan fingerprint density at radius 2 is 1.89 bits per heavy atom. The van der Waals surface area contributed by atoms with Crippen LogP contribution in [0.4, 0.5) is 23.7 Å². The van der Waals surface area contributed by atoms with E-state index < -0.39 is 11.7 Å². The fourth-order valence-corrected chi connectivity index (χ4v) is 3.05. The lowest BCUT2D eigenvalue weighted by molar-refractivity contribution is -0.137. The van der Waals surface area contributed by atoms with Crippen LogP contribution in [0.1, 0.15) is 16.8 Å². The van der Waals surface area contributed by atoms with Crippen molar-refractivity contribution in [3.05, 3.63) is 59.4 Å². The number of benzene rings is 1. The van der Waals surface area contributed by atoms with Crippen LogP contribution in [0.5, 0.6) is 0 Å². The summed E-state index contributed by atoms with van der Waals surface area (Å²) in [5, 5.41) is 2.56. The maximum Gasteiger partial charge on any atom is 0.416 e. The van der Waals surface area contributed by atoms with Gasteiger partial charge in [0.2, 0.25) is 0 Å². The number of nitrogens with one attached hydrogen (secondary N) is 1. The lowest BCUT2D eigenvalue weighted by atomic mass is 10.2. The van der Waals surface area contributed by atoms with Crippen molar-refractivity contribution < 1.29 is 18.0 Å². The van der Waals surface area contributed by atoms with Gasteiger partial charge >= 0.3 is 12.2 Å². The van der Waals surface area contributed by atoms with Gasteiger partial charge in [-0.3, -0.25) is 9.88 Å². The lowest BCUT2D eigenvalue weighted by Gasteiger charge is -2.34. The van der Waals surface area contributed by atoms with Gasteiger partial charge in [-0.05, 0) is 42.8 Å². The number of piperazine rings is 1. The minimum absolute atomic E-state index is 0.143. The van der Waals surface area contributed by atoms with Gasteiger partial charge in [-0.15, -0.1) is 0 Å². The number of nitrogens with zero attached hydrogens (tertiary/aromatic N) is 3. The number of urea groups is 1. The number of alkyl halides is 3. The molecule has 2 amide bonds. The molecule has 0 aliphatic carbocycles. The number of carbonyl (C=O) groups excluding carboxylic acids is 1. The topological polar surface area (TPSA) is 48.5 Å². The monoisotopic (exact) mass is 378 g/mol. The number of aryl methyl sites for hydroxylation is 1. The summed E-state index contributed by atoms with van der Waals surface area (Å²) >= 11 is 0. The third-order valence-corrected chi connectivity index (χ3v) is 4.47. The smallest absolute Gasteiger partial charge is 0.322 e. The van der Waals surface area contributed by atoms with Gasteiger partial charge in [-0.2, -0.15) is 13.2 Å². The molecular formula is C19H21F3N4O. The number of pyridine rings is 1. The highest BCUT2D eigenvalue weighted by molar-refractivity contribution is 5.89. The van der Waals surface area contributed by atoms with Crippen molar-refractivity contribution in [2.75, 3.05) is 31.5 Å². The first-order chi connectivity index (χ1) is 12.8. The molecule has 5 nitrogen and oxygen atoms in total. The summed E-state index contributed by atoms with van der Waals surface area (Å²) in [4.78, 5) is 20.4. The van der Waals surface area contributed by atoms with Crippen LogP contribution in [0.15, 0.2) is 42.6 Å². The first-order valence-electron chi connectivity index (χ1n) is 8.68. The van der Waals surface area contributed by atoms with Gasteiger partial charge < -0.3 is 10.2 Å². The number of rotatable bonds is 3. The van der Waals surface area contributed by atoms with E-state index in [9.17, 15) is 18.0 Å². The molecule has 2 aromatic rings. The Balaban J connectivity index is 1.53. The Kier molecular flexibility index (Phi) is 5.65. The van der Waals surface area contributed by atoms with E-state index in [0.29, 0.717) is 26.2 Å². The zero-order valence-electron chi connectivity index (χ0n) is 15.0. The highest BCUT2D eigenvalue weighted by Crippen LogP contribution is 2.30. The summed E-state index contributed by atoms with van der Waals surface area (Å²) in [6, 6.07) is 8.29. The Labute approximate surface area is 155 Å². The van der Waals surface area contributed by atoms with Crippen LogP contribution in [-0.4, -0.2) is 47.0 Å². The van der Waals surface area contributed by atoms with Gasteiger partial charge in [0.15, 0.2) is 0 Å². The molecule has 1 N–H and O–H groups in total. The SMILES string of the molecule is Cc1cc(CN2CCN(C(=O)Nc3cccc(C(F)(F)F)c3)CC2)ccn1. The van der Waals surface area contributed by atoms with Gasteiger partial charge in [0.1, 0.15) is 0 Å². The van der Waals surface area contributed by atoms with Gasteiger partial charge in [-0.1, -0.05) is 6.07 Å². The summed E-state index contributed by atoms with van der Waals surface area (Å²) in [6.45, 7) is 5.19. The first-order valence-corrected chi connectivity index (χ1v) is 8.68. The fraction of sp³-hybridized carbons (Fsp3) is 0.368. The maximum absolute atomic E-state index is 12.8. The molecule has 3 rings (SSSR count). The predicted molar refractivity (Wildman–Crippen MR) is 96.3 cm³/mol. The zero-order valence-corrected chi connectivity index (χ0v) is 15.0. The molecule has 1 aromatic carbocycles. The van der Waals surface area contributed by atoms with Crippen LogP contribution < -0.4 is 5.32 Å². The van der Waals surface area contributed by atoms with Crippen molar-refractivity contribution in [3.63, 3.8) is 0 Å². The van der Waals surface area contributed by atoms with Crippen molar-refractivity contribution in [2.45, 2.75) is 19.6 Å². The number of amides is 2. The molecule has 144 valence electrons. The van der Waals surface area contributed by atoms with E-state index in [1.165, 1.54) is 17.7 Å². The largest absolute Gasteiger partial charge is 0.416 e. The van der Waals surface area contributed by atoms with E-state index in [1.54, 1.807) is 11.1 Å². The zero-order chi connectivity index (χ0) is 19.4. The Morgan fingerprint density at radius 3 is 2.56 bits per heavy atom. The third kappa shape index (κ3) is 5.19. The van der Waals surface area contributed by atoms with Gasteiger partial charge in [0.25, 0.3) is 0 Å². The van der Waals surface area contributed by atoms with E-state index in [0.717, 1.165) is 24.4 Å². The minimum atomic E-state index is -4.43. The molecule has 1 saturated heterocycles. The van der Waals surface area contributed by atoms with E-state index in [4.69, 9.17) is 0 Å². The molecule has 0 atom stereocenters. The molecule has 8 heteroatoms. The average molecular weight is 378 g/mol. The molecule has 0 spiro atoms. The van der Waals surface area contributed by atoms with Crippen molar-refractivity contribution in [2.24, 2.45) is 0 Å². The van der Waals surface area contributed by atoms with E-state index in [-0.39, 0.29) is 11.7 Å². The van der Waals surface area contributed by atoms with Gasteiger partial charge in [-0.25, -0.2) is 4.79 Å². The Morgan fingerprint density at radius 1 is 1.15 bits per heavy atom. The van der Waals surface area contributed by atoms with Crippen LogP contribution in [0, 0.1) is 6.92 Å². The van der Waals surface area contributed by atoms with E-state index in [1.807, 2.05) is 19.1 Å². The van der Waals surface area contributed by atoms with E-state index >= 15 is 0 Å². The van der Waals surface area contributed by atoms with Crippen molar-refractivity contribution >= 4 is 11.7 Å². The highest BCUT2D eigenvalue weighted by Gasteiger charge is 2.30. The molecule has 2 heterocycles. The number of hydrogen-bond donors (Lipinski definition) is 1.